The number of hydrogen-bond acceptors (Lipinski definition) is 3. The van der Waals surface area contributed by atoms with Gasteiger partial charge in [0.25, 0.3) is 0 Å². The van der Waals surface area contributed by atoms with Gasteiger partial charge in [0.1, 0.15) is 4.90 Å². The molecule has 0 heterocycles. The summed E-state index contributed by atoms with van der Waals surface area (Å²) >= 11 is 11.8. The summed E-state index contributed by atoms with van der Waals surface area (Å²) in [7, 11) is -3.76. The Morgan fingerprint density at radius 2 is 1.71 bits per heavy atom. The van der Waals surface area contributed by atoms with Gasteiger partial charge in [-0.2, -0.15) is 0 Å². The normalized spacial score (nSPS) is 20.5. The van der Waals surface area contributed by atoms with Crippen LogP contribution in [-0.2, 0) is 10.0 Å². The average Bonchev–Trinajstić information content (AvgIpc) is 2.64. The molecule has 0 spiro atoms. The molecule has 0 aromatic heterocycles. The van der Waals surface area contributed by atoms with Gasteiger partial charge in [-0.1, -0.05) is 50.9 Å². The minimum atomic E-state index is -3.76. The van der Waals surface area contributed by atoms with E-state index < -0.39 is 10.0 Å². The fourth-order valence-corrected chi connectivity index (χ4v) is 5.00. The second-order valence-electron chi connectivity index (χ2n) is 6.65. The molecule has 4 nitrogen and oxygen atoms in total. The number of benzene rings is 1. The maximum absolute atomic E-state index is 12.4. The summed E-state index contributed by atoms with van der Waals surface area (Å²) in [5, 5.41) is 0.336. The molecule has 0 unspecified atom stereocenters. The Kier molecular flexibility index (Phi) is 4.03. The van der Waals surface area contributed by atoms with Gasteiger partial charge < -0.3 is 5.73 Å². The van der Waals surface area contributed by atoms with Gasteiger partial charge in [-0.05, 0) is 28.9 Å². The van der Waals surface area contributed by atoms with Crippen molar-refractivity contribution >= 4 is 38.9 Å². The molecule has 0 amide bonds. The van der Waals surface area contributed by atoms with Crippen molar-refractivity contribution in [2.24, 2.45) is 16.7 Å². The summed E-state index contributed by atoms with van der Waals surface area (Å²) in [5.74, 6) is 0.270. The molecule has 2 rings (SSSR count). The van der Waals surface area contributed by atoms with Crippen LogP contribution in [0.2, 0.25) is 10.0 Å². The van der Waals surface area contributed by atoms with Crippen molar-refractivity contribution in [2.45, 2.75) is 32.6 Å². The van der Waals surface area contributed by atoms with Crippen LogP contribution in [0.4, 0.5) is 5.69 Å². The van der Waals surface area contributed by atoms with Crippen molar-refractivity contribution in [2.75, 3.05) is 12.3 Å². The van der Waals surface area contributed by atoms with Crippen molar-refractivity contribution in [3.05, 3.63) is 22.2 Å². The van der Waals surface area contributed by atoms with E-state index in [9.17, 15) is 8.42 Å². The van der Waals surface area contributed by atoms with E-state index in [1.165, 1.54) is 12.1 Å². The molecule has 0 saturated heterocycles. The lowest BCUT2D eigenvalue weighted by Crippen LogP contribution is -2.28. The number of nitrogens with two attached hydrogens (primary N) is 1. The molecule has 0 bridgehead atoms. The van der Waals surface area contributed by atoms with Crippen LogP contribution < -0.4 is 10.5 Å². The SMILES string of the molecule is CC1(C)C(CNS(=O)(=O)c2c(N)cc(Cl)cc2Cl)C1(C)C. The van der Waals surface area contributed by atoms with Crippen LogP contribution >= 0.6 is 23.2 Å². The molecule has 1 aliphatic carbocycles. The van der Waals surface area contributed by atoms with Crippen molar-refractivity contribution in [1.29, 1.82) is 0 Å². The zero-order chi connectivity index (χ0) is 16.2. The number of hydrogen-bond donors (Lipinski definition) is 2. The van der Waals surface area contributed by atoms with E-state index in [2.05, 4.69) is 32.4 Å². The van der Waals surface area contributed by atoms with Crippen molar-refractivity contribution in [1.82, 2.24) is 4.72 Å². The molecule has 7 heteroatoms. The lowest BCUT2D eigenvalue weighted by Gasteiger charge is -2.12. The molecular weight excluding hydrogens is 331 g/mol. The predicted molar refractivity (Wildman–Crippen MR) is 87.1 cm³/mol. The van der Waals surface area contributed by atoms with Gasteiger partial charge in [0.2, 0.25) is 10.0 Å². The smallest absolute Gasteiger partial charge is 0.244 e. The molecule has 118 valence electrons. The summed E-state index contributed by atoms with van der Waals surface area (Å²) < 4.78 is 27.5. The summed E-state index contributed by atoms with van der Waals surface area (Å²) in [5.41, 5.74) is 6.00. The third-order valence-electron chi connectivity index (χ3n) is 5.10. The first-order chi connectivity index (χ1) is 9.41. The van der Waals surface area contributed by atoms with Crippen LogP contribution in [0.25, 0.3) is 0 Å². The monoisotopic (exact) mass is 350 g/mol. The topological polar surface area (TPSA) is 72.2 Å². The van der Waals surface area contributed by atoms with E-state index in [0.29, 0.717) is 11.6 Å². The van der Waals surface area contributed by atoms with E-state index in [1.54, 1.807) is 0 Å². The first-order valence-electron chi connectivity index (χ1n) is 6.65. The molecule has 3 N–H and O–H groups in total. The standard InChI is InChI=1S/C14H20Cl2N2O2S/c1-13(2)11(14(13,3)4)7-18-21(19,20)12-9(16)5-8(15)6-10(12)17/h5-6,11,18H,7,17H2,1-4H3. The zero-order valence-electron chi connectivity index (χ0n) is 12.5. The van der Waals surface area contributed by atoms with Gasteiger partial charge in [0.15, 0.2) is 0 Å². The lowest BCUT2D eigenvalue weighted by molar-refractivity contribution is 0.457. The van der Waals surface area contributed by atoms with Crippen molar-refractivity contribution in [3.63, 3.8) is 0 Å². The highest BCUT2D eigenvalue weighted by Gasteiger charge is 2.64. The summed E-state index contributed by atoms with van der Waals surface area (Å²) in [4.78, 5) is -0.107. The average molecular weight is 351 g/mol. The second kappa shape index (κ2) is 5.01. The van der Waals surface area contributed by atoms with Gasteiger partial charge in [0.05, 0.1) is 10.7 Å². The second-order valence-corrected chi connectivity index (χ2v) is 9.20. The van der Waals surface area contributed by atoms with Crippen LogP contribution in [-0.4, -0.2) is 15.0 Å². The number of sulfonamides is 1. The Morgan fingerprint density at radius 1 is 1.19 bits per heavy atom. The van der Waals surface area contributed by atoms with Crippen LogP contribution in [0.5, 0.6) is 0 Å². The quantitative estimate of drug-likeness (QED) is 0.815. The summed E-state index contributed by atoms with van der Waals surface area (Å²) in [6.45, 7) is 8.90. The van der Waals surface area contributed by atoms with Crippen LogP contribution in [0.1, 0.15) is 27.7 Å². The van der Waals surface area contributed by atoms with E-state index in [0.717, 1.165) is 0 Å². The first kappa shape index (κ1) is 16.9. The van der Waals surface area contributed by atoms with Gasteiger partial charge >= 0.3 is 0 Å². The van der Waals surface area contributed by atoms with Crippen LogP contribution in [0.3, 0.4) is 0 Å². The van der Waals surface area contributed by atoms with Crippen molar-refractivity contribution in [3.8, 4) is 0 Å². The number of nitrogen functional groups attached to an aromatic ring is 1. The van der Waals surface area contributed by atoms with Crippen LogP contribution in [0.15, 0.2) is 17.0 Å². The minimum Gasteiger partial charge on any atom is -0.398 e. The Morgan fingerprint density at radius 3 is 2.14 bits per heavy atom. The molecule has 1 fully saturated rings. The number of anilines is 1. The first-order valence-corrected chi connectivity index (χ1v) is 8.89. The fraction of sp³-hybridized carbons (Fsp3) is 0.571. The maximum Gasteiger partial charge on any atom is 0.244 e. The number of nitrogens with one attached hydrogen (secondary N) is 1. The molecule has 1 aromatic carbocycles. The third kappa shape index (κ3) is 2.77. The van der Waals surface area contributed by atoms with E-state index in [1.807, 2.05) is 0 Å². The van der Waals surface area contributed by atoms with Crippen molar-refractivity contribution < 1.29 is 8.42 Å². The molecule has 0 atom stereocenters. The summed E-state index contributed by atoms with van der Waals surface area (Å²) in [6.07, 6.45) is 0. The highest BCUT2D eigenvalue weighted by Crippen LogP contribution is 2.68. The third-order valence-corrected chi connectivity index (χ3v) is 7.27. The highest BCUT2D eigenvalue weighted by atomic mass is 35.5. The molecule has 1 saturated carbocycles. The maximum atomic E-state index is 12.4. The van der Waals surface area contributed by atoms with Gasteiger partial charge in [-0.15, -0.1) is 0 Å². The molecular formula is C14H20Cl2N2O2S. The minimum absolute atomic E-state index is 0.0295. The van der Waals surface area contributed by atoms with Gasteiger partial charge in [0, 0.05) is 11.6 Å². The lowest BCUT2D eigenvalue weighted by atomic mass is 10.0. The number of rotatable bonds is 4. The van der Waals surface area contributed by atoms with Gasteiger partial charge in [-0.25, -0.2) is 13.1 Å². The Hall–Kier alpha value is -0.490. The van der Waals surface area contributed by atoms with E-state index in [4.69, 9.17) is 28.9 Å². The molecule has 0 aliphatic heterocycles. The van der Waals surface area contributed by atoms with E-state index in [-0.39, 0.29) is 32.4 Å². The van der Waals surface area contributed by atoms with Gasteiger partial charge in [-0.3, -0.25) is 0 Å². The molecule has 1 aromatic rings. The Balaban J connectivity index is 2.22. The Bertz CT molecular complexity index is 647. The Labute approximate surface area is 136 Å². The zero-order valence-corrected chi connectivity index (χ0v) is 14.8. The fourth-order valence-electron chi connectivity index (χ4n) is 2.97. The van der Waals surface area contributed by atoms with E-state index >= 15 is 0 Å². The highest BCUT2D eigenvalue weighted by molar-refractivity contribution is 7.89. The summed E-state index contributed by atoms with van der Waals surface area (Å²) in [6, 6.07) is 2.76. The number of halogens is 2. The molecule has 1 aliphatic rings. The molecule has 0 radical (unpaired) electrons. The predicted octanol–water partition coefficient (Wildman–Crippen LogP) is 3.54. The van der Waals surface area contributed by atoms with Crippen LogP contribution in [0, 0.1) is 16.7 Å². The molecule has 21 heavy (non-hydrogen) atoms. The largest absolute Gasteiger partial charge is 0.398 e.